The summed E-state index contributed by atoms with van der Waals surface area (Å²) in [6, 6.07) is 4.74. The number of piperidine rings is 1. The molecule has 2 heterocycles. The van der Waals surface area contributed by atoms with Crippen LogP contribution in [-0.4, -0.2) is 42.7 Å². The number of hydrogen-bond donors (Lipinski definition) is 1. The van der Waals surface area contributed by atoms with Gasteiger partial charge < -0.3 is 24.4 Å². The lowest BCUT2D eigenvalue weighted by Gasteiger charge is -2.34. The first-order valence-electron chi connectivity index (χ1n) is 7.52. The summed E-state index contributed by atoms with van der Waals surface area (Å²) in [4.78, 5) is 3.28. The zero-order valence-corrected chi connectivity index (χ0v) is 13.8. The minimum Gasteiger partial charge on any atom is -0.466 e. The normalized spacial score (nSPS) is 22.9. The van der Waals surface area contributed by atoms with E-state index in [9.17, 15) is 14.8 Å². The third-order valence-electron chi connectivity index (χ3n) is 4.11. The van der Waals surface area contributed by atoms with Crippen LogP contribution in [0.5, 0.6) is 5.75 Å². The fourth-order valence-electron chi connectivity index (χ4n) is 2.99. The number of methoxy groups -OCH3 is 1. The number of aliphatic hydroxyl groups is 1. The van der Waals surface area contributed by atoms with E-state index in [1.165, 1.54) is 18.1 Å². The fourth-order valence-corrected chi connectivity index (χ4v) is 3.20. The Morgan fingerprint density at radius 2 is 2.29 bits per heavy atom. The van der Waals surface area contributed by atoms with Gasteiger partial charge in [-0.3, -0.25) is 0 Å². The van der Waals surface area contributed by atoms with Gasteiger partial charge in [-0.1, -0.05) is 11.6 Å². The zero-order chi connectivity index (χ0) is 17.3. The van der Waals surface area contributed by atoms with Crippen molar-refractivity contribution in [3.63, 3.8) is 0 Å². The maximum atomic E-state index is 14.5. The lowest BCUT2D eigenvalue weighted by atomic mass is 10.1. The van der Waals surface area contributed by atoms with Gasteiger partial charge in [0.25, 0.3) is 0 Å². The van der Waals surface area contributed by atoms with Crippen molar-refractivity contribution < 1.29 is 19.0 Å². The molecular weight excluding hydrogens is 337 g/mol. The van der Waals surface area contributed by atoms with Gasteiger partial charge >= 0.3 is 0 Å². The Hall–Kier alpha value is -2.01. The molecule has 8 heteroatoms. The van der Waals surface area contributed by atoms with Crippen LogP contribution >= 0.6 is 11.6 Å². The fraction of sp³-hybridized carbons (Fsp3) is 0.438. The lowest BCUT2D eigenvalue weighted by molar-refractivity contribution is 0.0511. The molecular formula is C16H17ClFN3O3. The summed E-state index contributed by atoms with van der Waals surface area (Å²) >= 11 is 5.99. The van der Waals surface area contributed by atoms with E-state index in [4.69, 9.17) is 21.1 Å². The van der Waals surface area contributed by atoms with E-state index in [1.807, 2.05) is 0 Å². The van der Waals surface area contributed by atoms with Crippen molar-refractivity contribution in [3.05, 3.63) is 34.9 Å². The quantitative estimate of drug-likeness (QED) is 0.838. The SMILES string of the molecule is COCOc1cc(N2C=C3C(O)CCCN3C2C#N)c(F)cc1Cl. The number of rotatable bonds is 4. The van der Waals surface area contributed by atoms with Gasteiger partial charge in [0.2, 0.25) is 0 Å². The van der Waals surface area contributed by atoms with E-state index in [0.717, 1.165) is 12.5 Å². The highest BCUT2D eigenvalue weighted by molar-refractivity contribution is 6.32. The Bertz CT molecular complexity index is 707. The minimum absolute atomic E-state index is 0.0294. The molecule has 0 aliphatic carbocycles. The van der Waals surface area contributed by atoms with Crippen molar-refractivity contribution in [3.8, 4) is 11.8 Å². The summed E-state index contributed by atoms with van der Waals surface area (Å²) in [5, 5.41) is 19.8. The van der Waals surface area contributed by atoms with Gasteiger partial charge in [-0.25, -0.2) is 4.39 Å². The van der Waals surface area contributed by atoms with Gasteiger partial charge in [0.1, 0.15) is 17.6 Å². The maximum absolute atomic E-state index is 14.5. The number of hydrogen-bond acceptors (Lipinski definition) is 6. The topological polar surface area (TPSA) is 69.0 Å². The number of aliphatic hydroxyl groups excluding tert-OH is 1. The van der Waals surface area contributed by atoms with Crippen molar-refractivity contribution >= 4 is 17.3 Å². The van der Waals surface area contributed by atoms with Crippen LogP contribution in [0.1, 0.15) is 12.8 Å². The Labute approximate surface area is 144 Å². The summed E-state index contributed by atoms with van der Waals surface area (Å²) in [5.41, 5.74) is 0.785. The molecule has 24 heavy (non-hydrogen) atoms. The zero-order valence-electron chi connectivity index (χ0n) is 13.1. The first kappa shape index (κ1) is 16.8. The molecule has 2 aliphatic rings. The summed E-state index contributed by atoms with van der Waals surface area (Å²) in [6.45, 7) is 0.609. The van der Waals surface area contributed by atoms with Crippen molar-refractivity contribution in [2.24, 2.45) is 0 Å². The smallest absolute Gasteiger partial charge is 0.196 e. The van der Waals surface area contributed by atoms with Gasteiger partial charge in [0, 0.05) is 25.9 Å². The monoisotopic (exact) mass is 353 g/mol. The maximum Gasteiger partial charge on any atom is 0.196 e. The van der Waals surface area contributed by atoms with Crippen LogP contribution in [0.3, 0.4) is 0 Å². The standard InChI is InChI=1S/C16H17ClFN3O3/c1-23-9-24-15-6-12(11(18)5-10(15)17)21-8-13-14(22)3-2-4-20(13)16(21)7-19/h5-6,8,14,16,22H,2-4,9H2,1H3. The number of anilines is 1. The Kier molecular flexibility index (Phi) is 4.81. The van der Waals surface area contributed by atoms with Crippen LogP contribution < -0.4 is 9.64 Å². The van der Waals surface area contributed by atoms with E-state index >= 15 is 0 Å². The van der Waals surface area contributed by atoms with E-state index in [-0.39, 0.29) is 23.3 Å². The Morgan fingerprint density at radius 1 is 1.50 bits per heavy atom. The molecule has 0 aromatic heterocycles. The average molecular weight is 354 g/mol. The molecule has 2 aliphatic heterocycles. The van der Waals surface area contributed by atoms with E-state index < -0.39 is 18.1 Å². The van der Waals surface area contributed by atoms with Gasteiger partial charge in [-0.2, -0.15) is 5.26 Å². The molecule has 0 radical (unpaired) electrons. The first-order valence-corrected chi connectivity index (χ1v) is 7.89. The van der Waals surface area contributed by atoms with Crippen LogP contribution in [0.15, 0.2) is 24.0 Å². The lowest BCUT2D eigenvalue weighted by Crippen LogP contribution is -2.43. The largest absolute Gasteiger partial charge is 0.466 e. The molecule has 1 saturated heterocycles. The molecule has 0 spiro atoms. The summed E-state index contributed by atoms with van der Waals surface area (Å²) in [7, 11) is 1.47. The highest BCUT2D eigenvalue weighted by Gasteiger charge is 2.39. The second-order valence-corrected chi connectivity index (χ2v) is 6.01. The van der Waals surface area contributed by atoms with Crippen molar-refractivity contribution in [2.45, 2.75) is 25.1 Å². The number of halogens is 2. The van der Waals surface area contributed by atoms with Crippen molar-refractivity contribution in [1.29, 1.82) is 5.26 Å². The number of benzene rings is 1. The van der Waals surface area contributed by atoms with Crippen LogP contribution in [0.25, 0.3) is 0 Å². The highest BCUT2D eigenvalue weighted by atomic mass is 35.5. The third kappa shape index (κ3) is 2.88. The first-order chi connectivity index (χ1) is 11.6. The van der Waals surface area contributed by atoms with Gasteiger partial charge in [-0.15, -0.1) is 0 Å². The van der Waals surface area contributed by atoms with Crippen LogP contribution in [0.2, 0.25) is 5.02 Å². The molecule has 1 N–H and O–H groups in total. The highest BCUT2D eigenvalue weighted by Crippen LogP contribution is 2.38. The van der Waals surface area contributed by atoms with E-state index in [2.05, 4.69) is 6.07 Å². The summed E-state index contributed by atoms with van der Waals surface area (Å²) in [5.74, 6) is -0.313. The molecule has 1 fully saturated rings. The van der Waals surface area contributed by atoms with Crippen LogP contribution in [-0.2, 0) is 4.74 Å². The number of nitriles is 1. The molecule has 3 rings (SSSR count). The molecule has 6 nitrogen and oxygen atoms in total. The second kappa shape index (κ2) is 6.85. The molecule has 2 unspecified atom stereocenters. The van der Waals surface area contributed by atoms with Gasteiger partial charge in [0.15, 0.2) is 13.0 Å². The Morgan fingerprint density at radius 3 is 3.00 bits per heavy atom. The minimum atomic E-state index is -0.721. The molecule has 0 amide bonds. The molecule has 1 aromatic carbocycles. The number of ether oxygens (including phenoxy) is 2. The third-order valence-corrected chi connectivity index (χ3v) is 4.40. The summed E-state index contributed by atoms with van der Waals surface area (Å²) < 4.78 is 24.6. The molecule has 1 aromatic rings. The molecule has 2 atom stereocenters. The van der Waals surface area contributed by atoms with Crippen molar-refractivity contribution in [1.82, 2.24) is 4.90 Å². The predicted octanol–water partition coefficient (Wildman–Crippen LogP) is 2.43. The van der Waals surface area contributed by atoms with Crippen LogP contribution in [0.4, 0.5) is 10.1 Å². The summed E-state index contributed by atoms with van der Waals surface area (Å²) in [6.07, 6.45) is 1.64. The van der Waals surface area contributed by atoms with E-state index in [0.29, 0.717) is 18.7 Å². The average Bonchev–Trinajstić information content (AvgIpc) is 2.94. The van der Waals surface area contributed by atoms with Gasteiger partial charge in [0.05, 0.1) is 22.5 Å². The Balaban J connectivity index is 1.99. The molecule has 128 valence electrons. The predicted molar refractivity (Wildman–Crippen MR) is 85.8 cm³/mol. The second-order valence-electron chi connectivity index (χ2n) is 5.60. The van der Waals surface area contributed by atoms with Gasteiger partial charge in [-0.05, 0) is 18.9 Å². The number of fused-ring (bicyclic) bond motifs is 1. The van der Waals surface area contributed by atoms with Crippen LogP contribution in [0, 0.1) is 17.1 Å². The van der Waals surface area contributed by atoms with E-state index in [1.54, 1.807) is 11.1 Å². The molecule has 0 bridgehead atoms. The number of nitrogens with zero attached hydrogens (tertiary/aromatic N) is 3. The van der Waals surface area contributed by atoms with Crippen molar-refractivity contribution in [2.75, 3.05) is 25.3 Å². The molecule has 0 saturated carbocycles.